The van der Waals surface area contributed by atoms with Crippen molar-refractivity contribution < 1.29 is 9.59 Å². The summed E-state index contributed by atoms with van der Waals surface area (Å²) >= 11 is 0. The van der Waals surface area contributed by atoms with Crippen molar-refractivity contribution in [3.8, 4) is 0 Å². The van der Waals surface area contributed by atoms with Crippen LogP contribution < -0.4 is 5.73 Å². The van der Waals surface area contributed by atoms with Gasteiger partial charge >= 0.3 is 0 Å². The van der Waals surface area contributed by atoms with E-state index >= 15 is 0 Å². The summed E-state index contributed by atoms with van der Waals surface area (Å²) in [7, 11) is 0. The third kappa shape index (κ3) is 4.88. The van der Waals surface area contributed by atoms with Gasteiger partial charge in [-0.1, -0.05) is 28.2 Å². The number of primary amides is 1. The van der Waals surface area contributed by atoms with Crippen LogP contribution in [0.15, 0.2) is 0 Å². The molecule has 1 amide bonds. The van der Waals surface area contributed by atoms with Gasteiger partial charge in [-0.3, -0.25) is 9.59 Å². The van der Waals surface area contributed by atoms with E-state index in [1.807, 2.05) is 13.8 Å². The minimum absolute atomic E-state index is 0. The van der Waals surface area contributed by atoms with Crippen LogP contribution in [0.3, 0.4) is 0 Å². The molecule has 3 nitrogen and oxygen atoms in total. The minimum Gasteiger partial charge on any atom is -0.369 e. The lowest BCUT2D eigenvalue weighted by atomic mass is 9.98. The molecule has 0 aliphatic heterocycles. The molecule has 72 valence electrons. The van der Waals surface area contributed by atoms with E-state index in [0.717, 1.165) is 0 Å². The Morgan fingerprint density at radius 1 is 1.25 bits per heavy atom. The van der Waals surface area contributed by atoms with Gasteiger partial charge in [-0.2, -0.15) is 0 Å². The van der Waals surface area contributed by atoms with Gasteiger partial charge in [-0.15, -0.1) is 0 Å². The zero-order chi connectivity index (χ0) is 9.02. The number of hydrogen-bond donors (Lipinski definition) is 1. The first kappa shape index (κ1) is 13.7. The molecule has 0 heterocycles. The van der Waals surface area contributed by atoms with Crippen LogP contribution in [0.4, 0.5) is 0 Å². The maximum atomic E-state index is 11.0. The molecule has 0 fully saturated rings. The number of Topliss-reactive ketones (excluding diaryl/α,β-unsaturated/α-hetero) is 1. The van der Waals surface area contributed by atoms with Crippen LogP contribution in [0.25, 0.3) is 0 Å². The molecule has 0 radical (unpaired) electrons. The highest BCUT2D eigenvalue weighted by Gasteiger charge is 2.15. The molecule has 0 bridgehead atoms. The summed E-state index contributed by atoms with van der Waals surface area (Å²) < 4.78 is 0. The smallest absolute Gasteiger partial charge is 0.220 e. The van der Waals surface area contributed by atoms with E-state index in [0.29, 0.717) is 0 Å². The van der Waals surface area contributed by atoms with Crippen molar-refractivity contribution in [2.24, 2.45) is 17.6 Å². The first-order valence-corrected chi connectivity index (χ1v) is 3.77. The first-order chi connectivity index (χ1) is 4.95. The van der Waals surface area contributed by atoms with Gasteiger partial charge in [0.15, 0.2) is 0 Å². The number of amides is 1. The normalized spacial score (nSPS) is 12.0. The fourth-order valence-corrected chi connectivity index (χ4v) is 0.638. The Kier molecular flexibility index (Phi) is 6.57. The van der Waals surface area contributed by atoms with E-state index in [-0.39, 0.29) is 31.5 Å². The highest BCUT2D eigenvalue weighted by atomic mass is 16.1. The minimum atomic E-state index is -0.404. The zero-order valence-corrected chi connectivity index (χ0v) is 7.26. The summed E-state index contributed by atoms with van der Waals surface area (Å²) in [5.41, 5.74) is 4.99. The number of hydrogen-bond acceptors (Lipinski definition) is 2. The lowest BCUT2D eigenvalue weighted by Crippen LogP contribution is -2.24. The van der Waals surface area contributed by atoms with Crippen LogP contribution in [-0.2, 0) is 9.59 Å². The molecular formula is C9H19NO2. The number of ketones is 1. The van der Waals surface area contributed by atoms with Gasteiger partial charge in [0.25, 0.3) is 0 Å². The number of nitrogens with two attached hydrogens (primary N) is 1. The quantitative estimate of drug-likeness (QED) is 0.697. The molecule has 2 N–H and O–H groups in total. The fourth-order valence-electron chi connectivity index (χ4n) is 0.638. The highest BCUT2D eigenvalue weighted by molar-refractivity contribution is 5.86. The lowest BCUT2D eigenvalue weighted by Gasteiger charge is -2.07. The lowest BCUT2D eigenvalue weighted by molar-refractivity contribution is -0.128. The SMILES string of the molecule is C.CC(C)C(=O)CC(C)C(N)=O. The second-order valence-electron chi connectivity index (χ2n) is 3.13. The van der Waals surface area contributed by atoms with E-state index in [1.54, 1.807) is 6.92 Å². The summed E-state index contributed by atoms with van der Waals surface area (Å²) in [6.07, 6.45) is 0.271. The van der Waals surface area contributed by atoms with Crippen molar-refractivity contribution in [2.45, 2.75) is 34.6 Å². The van der Waals surface area contributed by atoms with Crippen molar-refractivity contribution in [2.75, 3.05) is 0 Å². The van der Waals surface area contributed by atoms with E-state index in [1.165, 1.54) is 0 Å². The molecule has 0 aromatic rings. The van der Waals surface area contributed by atoms with Gasteiger partial charge in [0.05, 0.1) is 0 Å². The number of carbonyl (C=O) groups is 2. The van der Waals surface area contributed by atoms with Gasteiger partial charge in [0, 0.05) is 18.3 Å². The second-order valence-corrected chi connectivity index (χ2v) is 3.13. The Morgan fingerprint density at radius 2 is 1.67 bits per heavy atom. The average Bonchev–Trinajstić information content (AvgIpc) is 1.87. The molecule has 0 saturated heterocycles. The third-order valence-corrected chi connectivity index (χ3v) is 1.64. The maximum absolute atomic E-state index is 11.0. The molecule has 1 atom stereocenters. The van der Waals surface area contributed by atoms with E-state index < -0.39 is 5.91 Å². The molecular weight excluding hydrogens is 154 g/mol. The molecule has 0 aromatic heterocycles. The van der Waals surface area contributed by atoms with Crippen LogP contribution >= 0.6 is 0 Å². The molecule has 12 heavy (non-hydrogen) atoms. The summed E-state index contributed by atoms with van der Waals surface area (Å²) in [5, 5.41) is 0. The summed E-state index contributed by atoms with van der Waals surface area (Å²) in [5.74, 6) is -0.642. The zero-order valence-electron chi connectivity index (χ0n) is 7.26. The van der Waals surface area contributed by atoms with Crippen LogP contribution in [0.2, 0.25) is 0 Å². The molecule has 0 rings (SSSR count). The van der Waals surface area contributed by atoms with Gasteiger partial charge in [-0.05, 0) is 0 Å². The Morgan fingerprint density at radius 3 is 1.92 bits per heavy atom. The average molecular weight is 173 g/mol. The van der Waals surface area contributed by atoms with Gasteiger partial charge < -0.3 is 5.73 Å². The summed E-state index contributed by atoms with van der Waals surface area (Å²) in [6.45, 7) is 5.30. The second kappa shape index (κ2) is 5.75. The third-order valence-electron chi connectivity index (χ3n) is 1.64. The standard InChI is InChI=1S/C8H15NO2.CH4/c1-5(2)7(10)4-6(3)8(9)11;/h5-6H,4H2,1-3H3,(H2,9,11);1H4. The molecule has 1 unspecified atom stereocenters. The predicted molar refractivity (Wildman–Crippen MR) is 49.6 cm³/mol. The number of carbonyl (C=O) groups excluding carboxylic acids is 2. The summed E-state index contributed by atoms with van der Waals surface area (Å²) in [4.78, 5) is 21.6. The number of rotatable bonds is 4. The molecule has 0 saturated carbocycles. The Hall–Kier alpha value is -0.860. The van der Waals surface area contributed by atoms with Gasteiger partial charge in [-0.25, -0.2) is 0 Å². The molecule has 0 aromatic carbocycles. The van der Waals surface area contributed by atoms with Gasteiger partial charge in [0.1, 0.15) is 5.78 Å². The Balaban J connectivity index is 0. The topological polar surface area (TPSA) is 60.2 Å². The maximum Gasteiger partial charge on any atom is 0.220 e. The van der Waals surface area contributed by atoms with Crippen molar-refractivity contribution in [1.82, 2.24) is 0 Å². The van der Waals surface area contributed by atoms with Crippen molar-refractivity contribution in [1.29, 1.82) is 0 Å². The molecule has 0 aliphatic carbocycles. The van der Waals surface area contributed by atoms with Gasteiger partial charge in [0.2, 0.25) is 5.91 Å². The van der Waals surface area contributed by atoms with Crippen LogP contribution in [-0.4, -0.2) is 11.7 Å². The largest absolute Gasteiger partial charge is 0.369 e. The van der Waals surface area contributed by atoms with E-state index in [2.05, 4.69) is 0 Å². The molecule has 3 heteroatoms. The fraction of sp³-hybridized carbons (Fsp3) is 0.778. The predicted octanol–water partition coefficient (Wildman–Crippen LogP) is 1.36. The summed E-state index contributed by atoms with van der Waals surface area (Å²) in [6, 6.07) is 0. The Labute approximate surface area is 74.3 Å². The first-order valence-electron chi connectivity index (χ1n) is 3.77. The van der Waals surface area contributed by atoms with Crippen LogP contribution in [0.1, 0.15) is 34.6 Å². The van der Waals surface area contributed by atoms with Crippen molar-refractivity contribution in [3.63, 3.8) is 0 Å². The molecule has 0 spiro atoms. The highest BCUT2D eigenvalue weighted by Crippen LogP contribution is 2.06. The Bertz CT molecular complexity index is 164. The van der Waals surface area contributed by atoms with Crippen LogP contribution in [0, 0.1) is 11.8 Å². The monoisotopic (exact) mass is 173 g/mol. The van der Waals surface area contributed by atoms with Crippen molar-refractivity contribution in [3.05, 3.63) is 0 Å². The molecule has 0 aliphatic rings. The van der Waals surface area contributed by atoms with E-state index in [4.69, 9.17) is 5.73 Å². The van der Waals surface area contributed by atoms with E-state index in [9.17, 15) is 9.59 Å². The van der Waals surface area contributed by atoms with Crippen molar-refractivity contribution >= 4 is 11.7 Å². The van der Waals surface area contributed by atoms with Crippen LogP contribution in [0.5, 0.6) is 0 Å².